The predicted molar refractivity (Wildman–Crippen MR) is 137 cm³/mol. The van der Waals surface area contributed by atoms with Crippen molar-refractivity contribution in [3.63, 3.8) is 0 Å². The highest BCUT2D eigenvalue weighted by Gasteiger charge is 2.47. The summed E-state index contributed by atoms with van der Waals surface area (Å²) in [6.07, 6.45) is 1.50. The Balaban J connectivity index is 1.45. The summed E-state index contributed by atoms with van der Waals surface area (Å²) in [4.78, 5) is 2.36. The summed E-state index contributed by atoms with van der Waals surface area (Å²) in [6, 6.07) is 22.4. The molecule has 0 bridgehead atoms. The summed E-state index contributed by atoms with van der Waals surface area (Å²) in [7, 11) is 3.37. The monoisotopic (exact) mass is 493 g/mol. The molecule has 2 atom stereocenters. The first-order valence-electron chi connectivity index (χ1n) is 12.6. The van der Waals surface area contributed by atoms with Crippen LogP contribution in [0.25, 0.3) is 0 Å². The molecule has 0 unspecified atom stereocenters. The van der Waals surface area contributed by atoms with E-state index in [-0.39, 0.29) is 35.9 Å². The number of hydrogen-bond acceptors (Lipinski definition) is 4. The second-order valence-corrected chi connectivity index (χ2v) is 9.93. The number of phenolic OH excluding ortho intramolecular Hbond substituents is 1. The molecule has 0 aromatic heterocycles. The van der Waals surface area contributed by atoms with Crippen molar-refractivity contribution in [2.24, 2.45) is 5.92 Å². The molecule has 4 nitrogen and oxygen atoms in total. The zero-order valence-corrected chi connectivity index (χ0v) is 20.7. The maximum atomic E-state index is 15.3. The third-order valence-corrected chi connectivity index (χ3v) is 7.88. The van der Waals surface area contributed by atoms with Crippen molar-refractivity contribution in [1.82, 2.24) is 0 Å². The van der Waals surface area contributed by atoms with Crippen LogP contribution in [0.1, 0.15) is 53.4 Å². The first kappa shape index (κ1) is 24.7. The van der Waals surface area contributed by atoms with Gasteiger partial charge < -0.3 is 19.5 Å². The normalized spacial score (nSPS) is 22.0. The molecule has 2 aliphatic rings. The molecular weight excluding hydrogens is 460 g/mol. The number of phenols is 1. The van der Waals surface area contributed by atoms with Gasteiger partial charge in [-0.1, -0.05) is 48.5 Å². The fourth-order valence-corrected chi connectivity index (χ4v) is 6.08. The fourth-order valence-electron chi connectivity index (χ4n) is 6.08. The highest BCUT2D eigenvalue weighted by molar-refractivity contribution is 5.53. The van der Waals surface area contributed by atoms with Crippen LogP contribution in [0.5, 0.6) is 5.75 Å². The summed E-state index contributed by atoms with van der Waals surface area (Å²) < 4.78 is 41.5. The van der Waals surface area contributed by atoms with Gasteiger partial charge >= 0.3 is 0 Å². The topological polar surface area (TPSA) is 41.9 Å². The maximum Gasteiger partial charge on any atom is 0.274 e. The molecule has 0 amide bonds. The second kappa shape index (κ2) is 10.2. The van der Waals surface area contributed by atoms with Gasteiger partial charge in [-0.25, -0.2) is 8.78 Å². The van der Waals surface area contributed by atoms with Gasteiger partial charge in [-0.3, -0.25) is 0 Å². The molecule has 3 aromatic carbocycles. The van der Waals surface area contributed by atoms with Crippen molar-refractivity contribution in [2.75, 3.05) is 32.2 Å². The minimum absolute atomic E-state index is 0.0725. The number of halogens is 2. The number of alkyl halides is 2. The smallest absolute Gasteiger partial charge is 0.274 e. The van der Waals surface area contributed by atoms with E-state index in [4.69, 9.17) is 9.47 Å². The van der Waals surface area contributed by atoms with Crippen LogP contribution >= 0.6 is 0 Å². The average molecular weight is 494 g/mol. The first-order chi connectivity index (χ1) is 17.4. The van der Waals surface area contributed by atoms with Crippen LogP contribution in [0.3, 0.4) is 0 Å². The summed E-state index contributed by atoms with van der Waals surface area (Å²) in [5, 5.41) is 9.97. The molecule has 6 heteroatoms. The molecule has 0 radical (unpaired) electrons. The van der Waals surface area contributed by atoms with Gasteiger partial charge in [-0.2, -0.15) is 0 Å². The number of anilines is 1. The van der Waals surface area contributed by atoms with Gasteiger partial charge in [0.05, 0.1) is 0 Å². The fraction of sp³-hybridized carbons (Fsp3) is 0.400. The quantitative estimate of drug-likeness (QED) is 0.391. The Hall–Kier alpha value is -2.96. The molecule has 5 rings (SSSR count). The van der Waals surface area contributed by atoms with E-state index in [1.54, 1.807) is 20.3 Å². The van der Waals surface area contributed by atoms with Gasteiger partial charge in [0.25, 0.3) is 5.92 Å². The molecule has 1 aliphatic heterocycles. The lowest BCUT2D eigenvalue weighted by Gasteiger charge is -2.39. The number of nitrogens with zero attached hydrogens (tertiary/aromatic N) is 1. The largest absolute Gasteiger partial charge is 0.508 e. The van der Waals surface area contributed by atoms with E-state index in [0.29, 0.717) is 11.5 Å². The van der Waals surface area contributed by atoms with Gasteiger partial charge in [-0.15, -0.1) is 0 Å². The number of ether oxygens (including phenoxy) is 2. The number of aromatic hydroxyl groups is 1. The molecule has 1 N–H and O–H groups in total. The zero-order chi connectivity index (χ0) is 25.3. The molecule has 190 valence electrons. The van der Waals surface area contributed by atoms with Crippen LogP contribution in [-0.2, 0) is 15.4 Å². The van der Waals surface area contributed by atoms with Gasteiger partial charge in [0.2, 0.25) is 0 Å². The predicted octanol–water partition coefficient (Wildman–Crippen LogP) is 6.64. The molecule has 3 aromatic rings. The second-order valence-electron chi connectivity index (χ2n) is 9.93. The van der Waals surface area contributed by atoms with Crippen molar-refractivity contribution >= 4 is 5.69 Å². The zero-order valence-electron chi connectivity index (χ0n) is 20.7. The van der Waals surface area contributed by atoms with Crippen molar-refractivity contribution in [3.8, 4) is 5.75 Å². The van der Waals surface area contributed by atoms with E-state index in [1.807, 2.05) is 30.3 Å². The van der Waals surface area contributed by atoms with Crippen molar-refractivity contribution < 1.29 is 23.4 Å². The number of benzene rings is 3. The van der Waals surface area contributed by atoms with Crippen LogP contribution < -0.4 is 4.90 Å². The van der Waals surface area contributed by atoms with E-state index in [2.05, 4.69) is 29.2 Å². The van der Waals surface area contributed by atoms with E-state index in [0.717, 1.165) is 42.7 Å². The van der Waals surface area contributed by atoms with Crippen LogP contribution in [0.15, 0.2) is 72.8 Å². The summed E-state index contributed by atoms with van der Waals surface area (Å²) in [5.74, 6) is -3.38. The standard InChI is InChI=1S/C30H33F2NO3/c1-35-29(36-2)22-14-16-33(17-15-22)23-10-8-21(9-11-23)28-25-13-12-24(34)18-27(25)30(31,32)19-26(28)20-6-4-3-5-7-20/h3-13,18,22,26,28-29,34H,14-17,19H2,1-2H3/t26-,28-/m1/s1. The number of rotatable bonds is 6. The molecule has 0 spiro atoms. The number of piperidine rings is 1. The lowest BCUT2D eigenvalue weighted by molar-refractivity contribution is -0.141. The van der Waals surface area contributed by atoms with Gasteiger partial charge in [0, 0.05) is 62.7 Å². The Kier molecular flexibility index (Phi) is 7.00. The van der Waals surface area contributed by atoms with Crippen molar-refractivity contribution in [3.05, 3.63) is 95.1 Å². The van der Waals surface area contributed by atoms with E-state index >= 15 is 8.78 Å². The Morgan fingerprint density at radius 1 is 0.889 bits per heavy atom. The molecule has 1 fully saturated rings. The minimum Gasteiger partial charge on any atom is -0.508 e. The number of fused-ring (bicyclic) bond motifs is 1. The minimum atomic E-state index is -3.02. The summed E-state index contributed by atoms with van der Waals surface area (Å²) >= 11 is 0. The van der Waals surface area contributed by atoms with E-state index in [9.17, 15) is 5.11 Å². The first-order valence-corrected chi connectivity index (χ1v) is 12.6. The van der Waals surface area contributed by atoms with Crippen LogP contribution in [0.2, 0.25) is 0 Å². The lowest BCUT2D eigenvalue weighted by atomic mass is 9.68. The molecular formula is C30H33F2NO3. The van der Waals surface area contributed by atoms with Crippen molar-refractivity contribution in [2.45, 2.75) is 43.3 Å². The Bertz CT molecular complexity index is 1160. The molecule has 36 heavy (non-hydrogen) atoms. The third-order valence-electron chi connectivity index (χ3n) is 7.88. The van der Waals surface area contributed by atoms with Crippen LogP contribution in [0.4, 0.5) is 14.5 Å². The molecule has 1 aliphatic carbocycles. The molecule has 1 saturated heterocycles. The van der Waals surface area contributed by atoms with Crippen LogP contribution in [-0.4, -0.2) is 38.7 Å². The Labute approximate surface area is 211 Å². The Morgan fingerprint density at radius 3 is 2.19 bits per heavy atom. The van der Waals surface area contributed by atoms with Crippen molar-refractivity contribution in [1.29, 1.82) is 0 Å². The number of hydrogen-bond donors (Lipinski definition) is 1. The highest BCUT2D eigenvalue weighted by Crippen LogP contribution is 2.54. The molecule has 1 heterocycles. The number of methoxy groups -OCH3 is 2. The van der Waals surface area contributed by atoms with E-state index < -0.39 is 5.92 Å². The lowest BCUT2D eigenvalue weighted by Crippen LogP contribution is -2.39. The highest BCUT2D eigenvalue weighted by atomic mass is 19.3. The summed E-state index contributed by atoms with van der Waals surface area (Å²) in [6.45, 7) is 1.83. The Morgan fingerprint density at radius 2 is 1.56 bits per heavy atom. The van der Waals surface area contributed by atoms with Crippen LogP contribution in [0, 0.1) is 5.92 Å². The third kappa shape index (κ3) is 4.72. The average Bonchev–Trinajstić information content (AvgIpc) is 2.90. The van der Waals surface area contributed by atoms with Gasteiger partial charge in [0.1, 0.15) is 5.75 Å². The molecule has 0 saturated carbocycles. The summed E-state index contributed by atoms with van der Waals surface area (Å²) in [5.41, 5.74) is 3.54. The van der Waals surface area contributed by atoms with Gasteiger partial charge in [-0.05, 0) is 53.8 Å². The SMILES string of the molecule is COC(OC)C1CCN(c2ccc([C@@H]3c4ccc(O)cc4C(F)(F)C[C@@H]3c3ccccc3)cc2)CC1. The maximum absolute atomic E-state index is 15.3. The van der Waals surface area contributed by atoms with Gasteiger partial charge in [0.15, 0.2) is 6.29 Å². The van der Waals surface area contributed by atoms with E-state index in [1.165, 1.54) is 12.1 Å².